The molecule has 0 aromatic rings. The largest absolute Gasteiger partial charge is 0.458 e. The number of carbonyl (C=O) groups is 1. The van der Waals surface area contributed by atoms with Gasteiger partial charge in [0.25, 0.3) is 0 Å². The molecule has 0 spiro atoms. The van der Waals surface area contributed by atoms with Crippen molar-refractivity contribution in [2.24, 2.45) is 17.8 Å². The van der Waals surface area contributed by atoms with Gasteiger partial charge in [-0.15, -0.1) is 0 Å². The molecular formula is C20H29NO3. The van der Waals surface area contributed by atoms with E-state index in [4.69, 9.17) is 9.47 Å². The second kappa shape index (κ2) is 6.14. The minimum Gasteiger partial charge on any atom is -0.458 e. The van der Waals surface area contributed by atoms with E-state index in [1.54, 1.807) is 0 Å². The Kier molecular flexibility index (Phi) is 3.93. The van der Waals surface area contributed by atoms with Crippen LogP contribution in [0.25, 0.3) is 0 Å². The molecule has 24 heavy (non-hydrogen) atoms. The second-order valence-corrected chi connectivity index (χ2v) is 8.54. The van der Waals surface area contributed by atoms with Crippen LogP contribution < -0.4 is 5.32 Å². The van der Waals surface area contributed by atoms with Crippen LogP contribution in [0.4, 0.5) is 0 Å². The maximum Gasteiger partial charge on any atom is 0.338 e. The first-order valence-electron chi connectivity index (χ1n) is 10.1. The lowest BCUT2D eigenvalue weighted by molar-refractivity contribution is -0.155. The molecule has 0 aromatic carbocycles. The lowest BCUT2D eigenvalue weighted by Crippen LogP contribution is -2.46. The van der Waals surface area contributed by atoms with Crippen LogP contribution in [0.2, 0.25) is 0 Å². The molecule has 4 fully saturated rings. The highest BCUT2D eigenvalue weighted by molar-refractivity contribution is 5.90. The van der Waals surface area contributed by atoms with Gasteiger partial charge < -0.3 is 9.47 Å². The summed E-state index contributed by atoms with van der Waals surface area (Å²) in [6.07, 6.45) is 14.9. The molecule has 4 nitrogen and oxygen atoms in total. The molecule has 3 saturated carbocycles. The maximum absolute atomic E-state index is 12.6. The summed E-state index contributed by atoms with van der Waals surface area (Å²) in [5.41, 5.74) is 0.761. The van der Waals surface area contributed by atoms with Crippen molar-refractivity contribution >= 4 is 5.97 Å². The molecule has 7 atom stereocenters. The highest BCUT2D eigenvalue weighted by Crippen LogP contribution is 2.47. The lowest BCUT2D eigenvalue weighted by atomic mass is 9.63. The summed E-state index contributed by atoms with van der Waals surface area (Å²) in [5, 5.41) is 3.57. The monoisotopic (exact) mass is 331 g/mol. The van der Waals surface area contributed by atoms with E-state index < -0.39 is 0 Å². The molecule has 7 unspecified atom stereocenters. The number of carbonyl (C=O) groups excluding carboxylic acids is 1. The van der Waals surface area contributed by atoms with E-state index in [9.17, 15) is 4.79 Å². The summed E-state index contributed by atoms with van der Waals surface area (Å²) < 4.78 is 12.1. The van der Waals surface area contributed by atoms with Crippen LogP contribution in [0.3, 0.4) is 0 Å². The zero-order valence-electron chi connectivity index (χ0n) is 14.4. The number of nitrogens with one attached hydrogen (secondary N) is 1. The first-order chi connectivity index (χ1) is 11.8. The number of fused-ring (bicyclic) bond motifs is 4. The van der Waals surface area contributed by atoms with Crippen molar-refractivity contribution in [2.45, 2.75) is 88.7 Å². The molecule has 3 aliphatic carbocycles. The maximum atomic E-state index is 12.6. The lowest BCUT2D eigenvalue weighted by Gasteiger charge is -2.46. The van der Waals surface area contributed by atoms with E-state index in [0.717, 1.165) is 24.3 Å². The highest BCUT2D eigenvalue weighted by Gasteiger charge is 2.47. The van der Waals surface area contributed by atoms with E-state index in [2.05, 4.69) is 11.4 Å². The van der Waals surface area contributed by atoms with Crippen LogP contribution >= 0.6 is 0 Å². The zero-order valence-corrected chi connectivity index (χ0v) is 14.4. The normalized spacial score (nSPS) is 47.9. The van der Waals surface area contributed by atoms with E-state index in [1.165, 1.54) is 51.4 Å². The molecule has 5 aliphatic rings. The third kappa shape index (κ3) is 2.53. The molecule has 4 heteroatoms. The van der Waals surface area contributed by atoms with Gasteiger partial charge in [0.2, 0.25) is 0 Å². The Morgan fingerprint density at radius 1 is 0.917 bits per heavy atom. The van der Waals surface area contributed by atoms with Crippen LogP contribution in [0.1, 0.15) is 64.2 Å². The highest BCUT2D eigenvalue weighted by atomic mass is 16.6. The fourth-order valence-corrected chi connectivity index (χ4v) is 6.01. The number of esters is 1. The number of hydrogen-bond acceptors (Lipinski definition) is 4. The average molecular weight is 331 g/mol. The van der Waals surface area contributed by atoms with Gasteiger partial charge in [-0.1, -0.05) is 38.2 Å². The summed E-state index contributed by atoms with van der Waals surface area (Å²) in [7, 11) is 0. The third-order valence-corrected chi connectivity index (χ3v) is 7.24. The Morgan fingerprint density at radius 3 is 2.67 bits per heavy atom. The quantitative estimate of drug-likeness (QED) is 0.749. The van der Waals surface area contributed by atoms with E-state index in [1.807, 2.05) is 0 Å². The van der Waals surface area contributed by atoms with Crippen molar-refractivity contribution in [2.75, 3.05) is 0 Å². The Bertz CT molecular complexity index is 531. The summed E-state index contributed by atoms with van der Waals surface area (Å²) in [6.45, 7) is 0. The predicted molar refractivity (Wildman–Crippen MR) is 90.2 cm³/mol. The van der Waals surface area contributed by atoms with Crippen LogP contribution in [-0.4, -0.2) is 30.4 Å². The van der Waals surface area contributed by atoms with Crippen LogP contribution in [-0.2, 0) is 14.3 Å². The van der Waals surface area contributed by atoms with Crippen molar-refractivity contribution < 1.29 is 14.3 Å². The molecule has 0 bridgehead atoms. The van der Waals surface area contributed by atoms with Gasteiger partial charge in [-0.2, -0.15) is 0 Å². The Morgan fingerprint density at radius 2 is 1.75 bits per heavy atom. The summed E-state index contributed by atoms with van der Waals surface area (Å²) in [5.74, 6) is 1.84. The molecule has 1 saturated heterocycles. The van der Waals surface area contributed by atoms with Crippen molar-refractivity contribution in [3.63, 3.8) is 0 Å². The molecule has 5 rings (SSSR count). The van der Waals surface area contributed by atoms with Gasteiger partial charge in [0, 0.05) is 12.0 Å². The molecule has 0 radical (unpaired) electrons. The van der Waals surface area contributed by atoms with Crippen molar-refractivity contribution in [3.05, 3.63) is 11.6 Å². The Balaban J connectivity index is 1.39. The summed E-state index contributed by atoms with van der Waals surface area (Å²) in [6, 6.07) is 0.420. The number of rotatable bonds is 1. The minimum absolute atomic E-state index is 0.115. The standard InChI is InChI=1S/C20H29NO3/c22-20-15(19-21-16-7-3-4-8-18(16)23-19)11-14-13-6-2-1-5-12(13)9-10-17(14)24-20/h11-14,16-19,21H,1-10H2. The van der Waals surface area contributed by atoms with Crippen LogP contribution in [0, 0.1) is 17.8 Å². The van der Waals surface area contributed by atoms with Gasteiger partial charge in [0.15, 0.2) is 0 Å². The average Bonchev–Trinajstić information content (AvgIpc) is 3.04. The van der Waals surface area contributed by atoms with Gasteiger partial charge in [-0.25, -0.2) is 4.79 Å². The second-order valence-electron chi connectivity index (χ2n) is 8.54. The number of hydrogen-bond donors (Lipinski definition) is 1. The van der Waals surface area contributed by atoms with E-state index >= 15 is 0 Å². The Hall–Kier alpha value is -0.870. The van der Waals surface area contributed by atoms with E-state index in [-0.39, 0.29) is 24.4 Å². The first-order valence-corrected chi connectivity index (χ1v) is 10.1. The van der Waals surface area contributed by atoms with Gasteiger partial charge >= 0.3 is 5.97 Å². The van der Waals surface area contributed by atoms with Gasteiger partial charge in [0.1, 0.15) is 12.3 Å². The molecule has 2 aliphatic heterocycles. The van der Waals surface area contributed by atoms with Crippen molar-refractivity contribution in [3.8, 4) is 0 Å². The molecule has 0 amide bonds. The van der Waals surface area contributed by atoms with Gasteiger partial charge in [-0.3, -0.25) is 5.32 Å². The molecule has 1 N–H and O–H groups in total. The summed E-state index contributed by atoms with van der Waals surface area (Å²) >= 11 is 0. The first kappa shape index (κ1) is 15.4. The van der Waals surface area contributed by atoms with Crippen LogP contribution in [0.5, 0.6) is 0 Å². The van der Waals surface area contributed by atoms with Crippen molar-refractivity contribution in [1.29, 1.82) is 0 Å². The topological polar surface area (TPSA) is 47.6 Å². The summed E-state index contributed by atoms with van der Waals surface area (Å²) in [4.78, 5) is 12.6. The van der Waals surface area contributed by atoms with Gasteiger partial charge in [-0.05, 0) is 43.9 Å². The molecule has 2 heterocycles. The smallest absolute Gasteiger partial charge is 0.338 e. The predicted octanol–water partition coefficient (Wildman–Crippen LogP) is 3.31. The van der Waals surface area contributed by atoms with Crippen LogP contribution in [0.15, 0.2) is 11.6 Å². The fraction of sp³-hybridized carbons (Fsp3) is 0.850. The third-order valence-electron chi connectivity index (χ3n) is 7.24. The minimum atomic E-state index is -0.240. The zero-order chi connectivity index (χ0) is 16.1. The number of ether oxygens (including phenoxy) is 2. The molecule has 132 valence electrons. The molecule has 0 aromatic heterocycles. The fourth-order valence-electron chi connectivity index (χ4n) is 6.01. The molecular weight excluding hydrogens is 302 g/mol. The van der Waals surface area contributed by atoms with Crippen molar-refractivity contribution in [1.82, 2.24) is 5.32 Å². The Labute approximate surface area is 144 Å². The van der Waals surface area contributed by atoms with E-state index in [0.29, 0.717) is 17.9 Å². The SMILES string of the molecule is O=C1OC2CCC3CCCCC3C2C=C1C1NC2CCCCC2O1. The van der Waals surface area contributed by atoms with Gasteiger partial charge in [0.05, 0.1) is 11.7 Å².